The van der Waals surface area contributed by atoms with E-state index in [4.69, 9.17) is 9.47 Å². The van der Waals surface area contributed by atoms with Gasteiger partial charge in [-0.1, -0.05) is 42.5 Å². The van der Waals surface area contributed by atoms with Crippen molar-refractivity contribution in [1.29, 1.82) is 0 Å². The van der Waals surface area contributed by atoms with Gasteiger partial charge in [-0.3, -0.25) is 9.59 Å². The predicted molar refractivity (Wildman–Crippen MR) is 118 cm³/mol. The lowest BCUT2D eigenvalue weighted by atomic mass is 10.0. The molecular formula is C25H24N2O4. The molecule has 1 N–H and O–H groups in total. The summed E-state index contributed by atoms with van der Waals surface area (Å²) in [5.74, 6) is 0.894. The maximum Gasteiger partial charge on any atom is 0.255 e. The molecule has 0 saturated carbocycles. The van der Waals surface area contributed by atoms with Crippen molar-refractivity contribution in [3.63, 3.8) is 0 Å². The lowest BCUT2D eigenvalue weighted by molar-refractivity contribution is -0.117. The maximum atomic E-state index is 13.2. The molecule has 1 heterocycles. The highest BCUT2D eigenvalue weighted by molar-refractivity contribution is 5.99. The highest BCUT2D eigenvalue weighted by Gasteiger charge is 2.34. The van der Waals surface area contributed by atoms with E-state index >= 15 is 0 Å². The number of carbonyl (C=O) groups excluding carboxylic acids is 2. The first-order valence-corrected chi connectivity index (χ1v) is 10.1. The number of nitrogens with zero attached hydrogens (tertiary/aromatic N) is 1. The van der Waals surface area contributed by atoms with Gasteiger partial charge >= 0.3 is 0 Å². The van der Waals surface area contributed by atoms with E-state index < -0.39 is 6.04 Å². The lowest BCUT2D eigenvalue weighted by Crippen LogP contribution is -2.32. The Kier molecular flexibility index (Phi) is 5.89. The van der Waals surface area contributed by atoms with Crippen LogP contribution >= 0.6 is 0 Å². The van der Waals surface area contributed by atoms with Crippen LogP contribution in [-0.4, -0.2) is 30.9 Å². The van der Waals surface area contributed by atoms with Gasteiger partial charge in [0.2, 0.25) is 5.91 Å². The average molecular weight is 416 g/mol. The lowest BCUT2D eigenvalue weighted by Gasteiger charge is -2.28. The van der Waals surface area contributed by atoms with E-state index in [1.165, 1.54) is 0 Å². The van der Waals surface area contributed by atoms with E-state index in [-0.39, 0.29) is 18.2 Å². The van der Waals surface area contributed by atoms with Crippen LogP contribution in [0.3, 0.4) is 0 Å². The third kappa shape index (κ3) is 4.23. The predicted octanol–water partition coefficient (Wildman–Crippen LogP) is 4.43. The molecule has 0 fully saturated rings. The van der Waals surface area contributed by atoms with Gasteiger partial charge in [-0.2, -0.15) is 0 Å². The van der Waals surface area contributed by atoms with E-state index in [0.717, 1.165) is 16.8 Å². The molecule has 0 spiro atoms. The van der Waals surface area contributed by atoms with Crippen LogP contribution in [0.5, 0.6) is 11.5 Å². The summed E-state index contributed by atoms with van der Waals surface area (Å²) in [4.78, 5) is 27.8. The van der Waals surface area contributed by atoms with Crippen LogP contribution in [0.2, 0.25) is 0 Å². The third-order valence-electron chi connectivity index (χ3n) is 5.45. The first-order valence-electron chi connectivity index (χ1n) is 10.1. The zero-order chi connectivity index (χ0) is 21.8. The number of ether oxygens (including phenoxy) is 2. The second-order valence-electron chi connectivity index (χ2n) is 7.34. The van der Waals surface area contributed by atoms with Crippen molar-refractivity contribution in [1.82, 2.24) is 4.90 Å². The van der Waals surface area contributed by atoms with Gasteiger partial charge in [0.05, 0.1) is 26.7 Å². The van der Waals surface area contributed by atoms with Crippen molar-refractivity contribution < 1.29 is 19.1 Å². The minimum Gasteiger partial charge on any atom is -0.493 e. The van der Waals surface area contributed by atoms with Gasteiger partial charge in [-0.15, -0.1) is 0 Å². The Labute approximate surface area is 181 Å². The summed E-state index contributed by atoms with van der Waals surface area (Å²) in [6.07, 6.45) is 0.115. The quantitative estimate of drug-likeness (QED) is 0.619. The molecule has 0 aromatic heterocycles. The van der Waals surface area contributed by atoms with Gasteiger partial charge < -0.3 is 19.7 Å². The Morgan fingerprint density at radius 1 is 0.968 bits per heavy atom. The van der Waals surface area contributed by atoms with Crippen LogP contribution in [0.15, 0.2) is 72.8 Å². The Balaban J connectivity index is 1.66. The fourth-order valence-corrected chi connectivity index (χ4v) is 3.91. The number of carbonyl (C=O) groups is 2. The number of amides is 2. The summed E-state index contributed by atoms with van der Waals surface area (Å²) in [5, 5.41) is 2.92. The molecule has 3 aromatic rings. The first kappa shape index (κ1) is 20.5. The fourth-order valence-electron chi connectivity index (χ4n) is 3.91. The second-order valence-corrected chi connectivity index (χ2v) is 7.34. The first-order chi connectivity index (χ1) is 15.1. The van der Waals surface area contributed by atoms with Crippen molar-refractivity contribution in [3.05, 3.63) is 89.5 Å². The van der Waals surface area contributed by atoms with Gasteiger partial charge in [0.25, 0.3) is 5.91 Å². The molecule has 1 aliphatic heterocycles. The van der Waals surface area contributed by atoms with Gasteiger partial charge in [0.1, 0.15) is 0 Å². The summed E-state index contributed by atoms with van der Waals surface area (Å²) in [7, 11) is 3.14. The molecule has 0 bridgehead atoms. The van der Waals surface area contributed by atoms with Crippen molar-refractivity contribution in [2.75, 3.05) is 19.5 Å². The fraction of sp³-hybridized carbons (Fsp3) is 0.200. The van der Waals surface area contributed by atoms with Crippen molar-refractivity contribution in [3.8, 4) is 11.5 Å². The molecule has 2 amide bonds. The highest BCUT2D eigenvalue weighted by Crippen LogP contribution is 2.37. The number of anilines is 1. The number of methoxy groups -OCH3 is 2. The zero-order valence-corrected chi connectivity index (χ0v) is 17.5. The number of fused-ring (bicyclic) bond motifs is 1. The molecule has 0 aliphatic carbocycles. The summed E-state index contributed by atoms with van der Waals surface area (Å²) in [6.45, 7) is 0.451. The van der Waals surface area contributed by atoms with Gasteiger partial charge in [-0.25, -0.2) is 0 Å². The molecule has 0 radical (unpaired) electrons. The monoisotopic (exact) mass is 416 g/mol. The average Bonchev–Trinajstić information content (AvgIpc) is 3.14. The van der Waals surface area contributed by atoms with E-state index in [1.807, 2.05) is 66.7 Å². The Hall–Kier alpha value is -3.80. The number of nitrogens with one attached hydrogen (secondary N) is 1. The van der Waals surface area contributed by atoms with Crippen LogP contribution in [0.1, 0.15) is 33.9 Å². The van der Waals surface area contributed by atoms with Gasteiger partial charge in [-0.05, 0) is 41.5 Å². The third-order valence-corrected chi connectivity index (χ3v) is 5.45. The molecule has 6 nitrogen and oxygen atoms in total. The number of benzene rings is 3. The second kappa shape index (κ2) is 8.92. The SMILES string of the molecule is COc1ccc([C@@H](CC(=O)Nc2ccccc2)N2Cc3ccccc3C2=O)cc1OC. The molecule has 3 aromatic carbocycles. The molecule has 31 heavy (non-hydrogen) atoms. The minimum absolute atomic E-state index is 0.0807. The molecule has 0 unspecified atom stereocenters. The molecule has 1 aliphatic rings. The normalized spacial score (nSPS) is 13.5. The van der Waals surface area contributed by atoms with Crippen LogP contribution in [-0.2, 0) is 11.3 Å². The van der Waals surface area contributed by atoms with Gasteiger partial charge in [0, 0.05) is 17.8 Å². The standard InChI is InChI=1S/C25H24N2O4/c1-30-22-13-12-17(14-23(22)31-2)21(15-24(28)26-19-9-4-3-5-10-19)27-16-18-8-6-7-11-20(18)25(27)29/h3-14,21H,15-16H2,1-2H3,(H,26,28)/t21-/m1/s1. The van der Waals surface area contributed by atoms with Gasteiger partial charge in [0.15, 0.2) is 11.5 Å². The summed E-state index contributed by atoms with van der Waals surface area (Å²) < 4.78 is 10.8. The van der Waals surface area contributed by atoms with Crippen molar-refractivity contribution >= 4 is 17.5 Å². The van der Waals surface area contributed by atoms with Crippen LogP contribution in [0.25, 0.3) is 0 Å². The van der Waals surface area contributed by atoms with E-state index in [2.05, 4.69) is 5.32 Å². The summed E-state index contributed by atoms with van der Waals surface area (Å²) in [6, 6.07) is 21.9. The highest BCUT2D eigenvalue weighted by atomic mass is 16.5. The Bertz CT molecular complexity index is 1100. The smallest absolute Gasteiger partial charge is 0.255 e. The van der Waals surface area contributed by atoms with E-state index in [9.17, 15) is 9.59 Å². The topological polar surface area (TPSA) is 67.9 Å². The van der Waals surface area contributed by atoms with Crippen LogP contribution < -0.4 is 14.8 Å². The molecular weight excluding hydrogens is 392 g/mol. The van der Waals surface area contributed by atoms with E-state index in [0.29, 0.717) is 23.6 Å². The number of hydrogen-bond donors (Lipinski definition) is 1. The van der Waals surface area contributed by atoms with Crippen LogP contribution in [0.4, 0.5) is 5.69 Å². The molecule has 158 valence electrons. The van der Waals surface area contributed by atoms with Crippen molar-refractivity contribution in [2.45, 2.75) is 19.0 Å². The minimum atomic E-state index is -0.455. The molecule has 4 rings (SSSR count). The van der Waals surface area contributed by atoms with Crippen molar-refractivity contribution in [2.24, 2.45) is 0 Å². The van der Waals surface area contributed by atoms with Crippen LogP contribution in [0, 0.1) is 0 Å². The Morgan fingerprint density at radius 2 is 1.68 bits per heavy atom. The summed E-state index contributed by atoms with van der Waals surface area (Å²) in [5.41, 5.74) is 3.16. The molecule has 0 saturated heterocycles. The Morgan fingerprint density at radius 3 is 2.39 bits per heavy atom. The molecule has 6 heteroatoms. The maximum absolute atomic E-state index is 13.2. The number of hydrogen-bond acceptors (Lipinski definition) is 4. The number of rotatable bonds is 7. The number of para-hydroxylation sites is 1. The molecule has 1 atom stereocenters. The van der Waals surface area contributed by atoms with E-state index in [1.54, 1.807) is 25.2 Å². The zero-order valence-electron chi connectivity index (χ0n) is 17.5. The largest absolute Gasteiger partial charge is 0.493 e. The summed E-state index contributed by atoms with van der Waals surface area (Å²) >= 11 is 0.